The lowest BCUT2D eigenvalue weighted by atomic mass is 10.4. The number of hydrogen-bond acceptors (Lipinski definition) is 5. The van der Waals surface area contributed by atoms with Crippen molar-refractivity contribution in [2.24, 2.45) is 0 Å². The van der Waals surface area contributed by atoms with Crippen LogP contribution < -0.4 is 4.74 Å². The van der Waals surface area contributed by atoms with Gasteiger partial charge in [-0.15, -0.1) is 0 Å². The highest BCUT2D eigenvalue weighted by Gasteiger charge is 2.10. The van der Waals surface area contributed by atoms with Gasteiger partial charge >= 0.3 is 0 Å². The van der Waals surface area contributed by atoms with Crippen molar-refractivity contribution >= 4 is 5.52 Å². The first-order valence-electron chi connectivity index (χ1n) is 6.42. The zero-order chi connectivity index (χ0) is 13.1. The molecular weight excluding hydrogens is 246 g/mol. The minimum Gasteiger partial charge on any atom is -0.504 e. The molecule has 1 saturated heterocycles. The predicted octanol–water partition coefficient (Wildman–Crippen LogP) is 0.751. The van der Waals surface area contributed by atoms with Crippen molar-refractivity contribution in [1.29, 1.82) is 0 Å². The summed E-state index contributed by atoms with van der Waals surface area (Å²) < 4.78 is 12.6. The molecule has 0 radical (unpaired) electrons. The van der Waals surface area contributed by atoms with E-state index in [1.54, 1.807) is 16.8 Å². The molecule has 0 unspecified atom stereocenters. The minimum absolute atomic E-state index is 0.180. The Morgan fingerprint density at radius 3 is 3.00 bits per heavy atom. The van der Waals surface area contributed by atoms with Crippen LogP contribution in [0, 0.1) is 0 Å². The first-order chi connectivity index (χ1) is 9.33. The van der Waals surface area contributed by atoms with Crippen molar-refractivity contribution in [3.8, 4) is 11.5 Å². The maximum absolute atomic E-state index is 9.51. The first-order valence-corrected chi connectivity index (χ1v) is 6.42. The summed E-state index contributed by atoms with van der Waals surface area (Å²) in [7, 11) is 0. The van der Waals surface area contributed by atoms with Crippen LogP contribution in [-0.4, -0.2) is 59.1 Å². The molecule has 0 amide bonds. The zero-order valence-corrected chi connectivity index (χ0v) is 10.7. The average molecular weight is 263 g/mol. The van der Waals surface area contributed by atoms with E-state index in [0.29, 0.717) is 12.1 Å². The molecule has 2 aromatic rings. The zero-order valence-electron chi connectivity index (χ0n) is 10.7. The van der Waals surface area contributed by atoms with Crippen molar-refractivity contribution in [1.82, 2.24) is 14.5 Å². The molecule has 1 aliphatic rings. The molecule has 0 aliphatic carbocycles. The van der Waals surface area contributed by atoms with Crippen molar-refractivity contribution in [2.75, 3.05) is 39.5 Å². The molecule has 102 valence electrons. The highest BCUT2D eigenvalue weighted by atomic mass is 16.5. The SMILES string of the molecule is Oc1cnn2cc(OCCN3CCOCC3)ccc12. The Morgan fingerprint density at radius 1 is 1.32 bits per heavy atom. The summed E-state index contributed by atoms with van der Waals surface area (Å²) in [5, 5.41) is 13.5. The molecule has 3 heterocycles. The van der Waals surface area contributed by atoms with Crippen LogP contribution >= 0.6 is 0 Å². The second kappa shape index (κ2) is 5.46. The van der Waals surface area contributed by atoms with Gasteiger partial charge in [-0.3, -0.25) is 4.90 Å². The topological polar surface area (TPSA) is 59.2 Å². The van der Waals surface area contributed by atoms with Gasteiger partial charge in [-0.2, -0.15) is 5.10 Å². The number of pyridine rings is 1. The monoisotopic (exact) mass is 263 g/mol. The predicted molar refractivity (Wildman–Crippen MR) is 69.6 cm³/mol. The largest absolute Gasteiger partial charge is 0.504 e. The van der Waals surface area contributed by atoms with Crippen LogP contribution in [0.5, 0.6) is 11.5 Å². The average Bonchev–Trinajstić information content (AvgIpc) is 2.81. The van der Waals surface area contributed by atoms with E-state index in [1.807, 2.05) is 6.07 Å². The van der Waals surface area contributed by atoms with Gasteiger partial charge in [0.2, 0.25) is 0 Å². The Hall–Kier alpha value is -1.79. The van der Waals surface area contributed by atoms with Gasteiger partial charge in [0, 0.05) is 19.6 Å². The van der Waals surface area contributed by atoms with Gasteiger partial charge in [0.05, 0.1) is 25.6 Å². The molecular formula is C13H17N3O3. The van der Waals surface area contributed by atoms with Crippen molar-refractivity contribution in [2.45, 2.75) is 0 Å². The molecule has 2 aromatic heterocycles. The fourth-order valence-electron chi connectivity index (χ4n) is 2.15. The van der Waals surface area contributed by atoms with E-state index in [4.69, 9.17) is 9.47 Å². The van der Waals surface area contributed by atoms with Gasteiger partial charge in [-0.05, 0) is 12.1 Å². The molecule has 6 nitrogen and oxygen atoms in total. The Balaban J connectivity index is 1.56. The number of aromatic hydroxyl groups is 1. The Bertz CT molecular complexity index is 549. The Morgan fingerprint density at radius 2 is 2.16 bits per heavy atom. The molecule has 0 atom stereocenters. The summed E-state index contributed by atoms with van der Waals surface area (Å²) in [6.07, 6.45) is 3.20. The van der Waals surface area contributed by atoms with Crippen molar-refractivity contribution < 1.29 is 14.6 Å². The van der Waals surface area contributed by atoms with Gasteiger partial charge in [0.1, 0.15) is 17.9 Å². The first kappa shape index (κ1) is 12.3. The molecule has 6 heteroatoms. The number of fused-ring (bicyclic) bond motifs is 1. The van der Waals surface area contributed by atoms with Crippen LogP contribution in [0.15, 0.2) is 24.5 Å². The van der Waals surface area contributed by atoms with Crippen LogP contribution in [0.4, 0.5) is 0 Å². The molecule has 0 aromatic carbocycles. The quantitative estimate of drug-likeness (QED) is 0.882. The fourth-order valence-corrected chi connectivity index (χ4v) is 2.15. The summed E-state index contributed by atoms with van der Waals surface area (Å²) in [5.41, 5.74) is 0.681. The van der Waals surface area contributed by atoms with E-state index in [2.05, 4.69) is 10.00 Å². The number of hydrogen-bond donors (Lipinski definition) is 1. The smallest absolute Gasteiger partial charge is 0.161 e. The van der Waals surface area contributed by atoms with Gasteiger partial charge in [0.25, 0.3) is 0 Å². The van der Waals surface area contributed by atoms with Gasteiger partial charge < -0.3 is 14.6 Å². The van der Waals surface area contributed by atoms with Crippen LogP contribution in [0.25, 0.3) is 5.52 Å². The molecule has 1 N–H and O–H groups in total. The number of aromatic nitrogens is 2. The van der Waals surface area contributed by atoms with Crippen LogP contribution in [0.3, 0.4) is 0 Å². The molecule has 19 heavy (non-hydrogen) atoms. The molecule has 0 spiro atoms. The second-order valence-corrected chi connectivity index (χ2v) is 4.53. The summed E-state index contributed by atoms with van der Waals surface area (Å²) in [6, 6.07) is 3.64. The fraction of sp³-hybridized carbons (Fsp3) is 0.462. The Kier molecular flexibility index (Phi) is 3.52. The Labute approximate surface area is 111 Å². The normalized spacial score (nSPS) is 16.8. The van der Waals surface area contributed by atoms with E-state index >= 15 is 0 Å². The third kappa shape index (κ3) is 2.80. The van der Waals surface area contributed by atoms with Gasteiger partial charge in [-0.1, -0.05) is 0 Å². The van der Waals surface area contributed by atoms with Crippen LogP contribution in [0.2, 0.25) is 0 Å². The summed E-state index contributed by atoms with van der Waals surface area (Å²) in [6.45, 7) is 5.08. The standard InChI is InChI=1S/C13H17N3O3/c17-13-9-14-16-10-11(1-2-12(13)16)19-8-5-15-3-6-18-7-4-15/h1-2,9-10,17H,3-8H2. The van der Waals surface area contributed by atoms with Gasteiger partial charge in [0.15, 0.2) is 5.75 Å². The highest BCUT2D eigenvalue weighted by Crippen LogP contribution is 2.20. The maximum Gasteiger partial charge on any atom is 0.161 e. The lowest BCUT2D eigenvalue weighted by Crippen LogP contribution is -2.38. The van der Waals surface area contributed by atoms with Crippen LogP contribution in [-0.2, 0) is 4.74 Å². The summed E-state index contributed by atoms with van der Waals surface area (Å²) in [4.78, 5) is 2.32. The van der Waals surface area contributed by atoms with Crippen LogP contribution in [0.1, 0.15) is 0 Å². The number of nitrogens with zero attached hydrogens (tertiary/aromatic N) is 3. The molecule has 1 aliphatic heterocycles. The van der Waals surface area contributed by atoms with E-state index < -0.39 is 0 Å². The lowest BCUT2D eigenvalue weighted by Gasteiger charge is -2.26. The maximum atomic E-state index is 9.51. The van der Waals surface area contributed by atoms with Gasteiger partial charge in [-0.25, -0.2) is 4.52 Å². The summed E-state index contributed by atoms with van der Waals surface area (Å²) in [5.74, 6) is 0.934. The van der Waals surface area contributed by atoms with E-state index in [9.17, 15) is 5.11 Å². The second-order valence-electron chi connectivity index (χ2n) is 4.53. The third-order valence-corrected chi connectivity index (χ3v) is 3.25. The number of morpholine rings is 1. The van der Waals surface area contributed by atoms with E-state index in [0.717, 1.165) is 38.6 Å². The highest BCUT2D eigenvalue weighted by molar-refractivity contribution is 5.58. The number of ether oxygens (including phenoxy) is 2. The van der Waals surface area contributed by atoms with Crippen molar-refractivity contribution in [3.63, 3.8) is 0 Å². The van der Waals surface area contributed by atoms with E-state index in [1.165, 1.54) is 6.20 Å². The van der Waals surface area contributed by atoms with E-state index in [-0.39, 0.29) is 5.75 Å². The lowest BCUT2D eigenvalue weighted by molar-refractivity contribution is 0.0322. The molecule has 1 fully saturated rings. The molecule has 0 bridgehead atoms. The molecule has 3 rings (SSSR count). The van der Waals surface area contributed by atoms with Crippen molar-refractivity contribution in [3.05, 3.63) is 24.5 Å². The number of rotatable bonds is 4. The molecule has 0 saturated carbocycles. The minimum atomic E-state index is 0.180. The summed E-state index contributed by atoms with van der Waals surface area (Å²) >= 11 is 0. The third-order valence-electron chi connectivity index (χ3n) is 3.25.